The molecule has 3 rings (SSSR count). The molecule has 0 saturated carbocycles. The van der Waals surface area contributed by atoms with E-state index in [0.29, 0.717) is 12.4 Å². The van der Waals surface area contributed by atoms with Gasteiger partial charge in [0.1, 0.15) is 12.4 Å². The van der Waals surface area contributed by atoms with Crippen LogP contribution in [0.5, 0.6) is 0 Å². The molecule has 0 spiro atoms. The van der Waals surface area contributed by atoms with Gasteiger partial charge in [-0.15, -0.1) is 11.8 Å². The van der Waals surface area contributed by atoms with Crippen molar-refractivity contribution in [1.29, 1.82) is 0 Å². The predicted molar refractivity (Wildman–Crippen MR) is 119 cm³/mol. The zero-order valence-corrected chi connectivity index (χ0v) is 17.7. The standard InChI is InChI=1S/C23H27N3O2S/c1-3-8-22-24-13-14-26(22)17-19-9-7-12-21(18(19)2)29-16-15-28-23(27)25-20-10-5-4-6-11-20/h4-7,9-14H,3,8,15-17H2,1-2H3,(H,25,27). The molecule has 0 unspecified atom stereocenters. The van der Waals surface area contributed by atoms with Gasteiger partial charge in [-0.1, -0.05) is 37.3 Å². The summed E-state index contributed by atoms with van der Waals surface area (Å²) < 4.78 is 7.50. The highest BCUT2D eigenvalue weighted by Gasteiger charge is 2.09. The third kappa shape index (κ3) is 6.12. The third-order valence-corrected chi connectivity index (χ3v) is 5.73. The highest BCUT2D eigenvalue weighted by atomic mass is 32.2. The van der Waals surface area contributed by atoms with E-state index in [1.165, 1.54) is 16.0 Å². The quantitative estimate of drug-likeness (QED) is 0.373. The second-order valence-electron chi connectivity index (χ2n) is 6.74. The zero-order chi connectivity index (χ0) is 20.5. The van der Waals surface area contributed by atoms with Gasteiger partial charge in [0.05, 0.1) is 0 Å². The van der Waals surface area contributed by atoms with Gasteiger partial charge < -0.3 is 9.30 Å². The van der Waals surface area contributed by atoms with Crippen molar-refractivity contribution in [3.05, 3.63) is 77.9 Å². The molecule has 29 heavy (non-hydrogen) atoms. The highest BCUT2D eigenvalue weighted by molar-refractivity contribution is 7.99. The van der Waals surface area contributed by atoms with Crippen molar-refractivity contribution in [2.24, 2.45) is 0 Å². The van der Waals surface area contributed by atoms with Crippen LogP contribution < -0.4 is 5.32 Å². The van der Waals surface area contributed by atoms with Crippen molar-refractivity contribution in [2.75, 3.05) is 17.7 Å². The Hall–Kier alpha value is -2.73. The molecule has 152 valence electrons. The Morgan fingerprint density at radius 2 is 2.00 bits per heavy atom. The number of thioether (sulfide) groups is 1. The summed E-state index contributed by atoms with van der Waals surface area (Å²) in [4.78, 5) is 17.5. The monoisotopic (exact) mass is 409 g/mol. The summed E-state index contributed by atoms with van der Waals surface area (Å²) >= 11 is 1.71. The number of anilines is 1. The first-order valence-electron chi connectivity index (χ1n) is 9.87. The Balaban J connectivity index is 1.50. The molecule has 1 aromatic heterocycles. The van der Waals surface area contributed by atoms with E-state index >= 15 is 0 Å². The average Bonchev–Trinajstić information content (AvgIpc) is 3.16. The Kier molecular flexibility index (Phi) is 7.76. The van der Waals surface area contributed by atoms with Crippen molar-refractivity contribution < 1.29 is 9.53 Å². The Bertz CT molecular complexity index is 925. The zero-order valence-electron chi connectivity index (χ0n) is 16.9. The van der Waals surface area contributed by atoms with Gasteiger partial charge in [-0.3, -0.25) is 5.32 Å². The largest absolute Gasteiger partial charge is 0.448 e. The van der Waals surface area contributed by atoms with Crippen LogP contribution in [0.15, 0.2) is 65.8 Å². The summed E-state index contributed by atoms with van der Waals surface area (Å²) in [6.45, 7) is 5.50. The smallest absolute Gasteiger partial charge is 0.411 e. The van der Waals surface area contributed by atoms with Crippen LogP contribution in [0.2, 0.25) is 0 Å². The molecule has 0 fully saturated rings. The Labute approximate surface area is 176 Å². The summed E-state index contributed by atoms with van der Waals surface area (Å²) in [5.74, 6) is 1.83. The first kappa shape index (κ1) is 21.0. The van der Waals surface area contributed by atoms with Gasteiger partial charge in [0.15, 0.2) is 0 Å². The lowest BCUT2D eigenvalue weighted by Gasteiger charge is -2.13. The highest BCUT2D eigenvalue weighted by Crippen LogP contribution is 2.25. The number of carbonyl (C=O) groups excluding carboxylic acids is 1. The molecule has 0 atom stereocenters. The van der Waals surface area contributed by atoms with Crippen LogP contribution in [0.25, 0.3) is 0 Å². The molecule has 1 N–H and O–H groups in total. The number of imidazole rings is 1. The summed E-state index contributed by atoms with van der Waals surface area (Å²) in [6, 6.07) is 15.7. The van der Waals surface area contributed by atoms with E-state index in [9.17, 15) is 4.79 Å². The molecular formula is C23H27N3O2S. The third-order valence-electron chi connectivity index (χ3n) is 4.61. The predicted octanol–water partition coefficient (Wildman–Crippen LogP) is 5.53. The van der Waals surface area contributed by atoms with Crippen LogP contribution >= 0.6 is 11.8 Å². The van der Waals surface area contributed by atoms with Gasteiger partial charge in [0.25, 0.3) is 0 Å². The van der Waals surface area contributed by atoms with Crippen LogP contribution in [-0.4, -0.2) is 28.0 Å². The molecule has 0 bridgehead atoms. The van der Waals surface area contributed by atoms with E-state index in [1.54, 1.807) is 11.8 Å². The number of rotatable bonds is 9. The second-order valence-corrected chi connectivity index (χ2v) is 7.87. The minimum Gasteiger partial charge on any atom is -0.448 e. The molecule has 1 amide bonds. The number of aryl methyl sites for hydroxylation is 1. The topological polar surface area (TPSA) is 56.2 Å². The summed E-state index contributed by atoms with van der Waals surface area (Å²) in [5, 5.41) is 2.72. The van der Waals surface area contributed by atoms with E-state index in [2.05, 4.69) is 46.9 Å². The van der Waals surface area contributed by atoms with Crippen LogP contribution in [0.4, 0.5) is 10.5 Å². The van der Waals surface area contributed by atoms with Gasteiger partial charge in [0, 0.05) is 41.7 Å². The lowest BCUT2D eigenvalue weighted by atomic mass is 10.1. The number of ether oxygens (including phenoxy) is 1. The molecule has 0 aliphatic rings. The SMILES string of the molecule is CCCc1nccn1Cc1cccc(SCCOC(=O)Nc2ccccc2)c1C. The summed E-state index contributed by atoms with van der Waals surface area (Å²) in [7, 11) is 0. The molecular weight excluding hydrogens is 382 g/mol. The normalized spacial score (nSPS) is 10.7. The molecule has 2 aromatic carbocycles. The van der Waals surface area contributed by atoms with Crippen molar-refractivity contribution in [1.82, 2.24) is 9.55 Å². The van der Waals surface area contributed by atoms with Gasteiger partial charge in [0.2, 0.25) is 0 Å². The fourth-order valence-electron chi connectivity index (χ4n) is 3.07. The molecule has 0 aliphatic heterocycles. The molecule has 1 heterocycles. The molecule has 6 heteroatoms. The lowest BCUT2D eigenvalue weighted by molar-refractivity contribution is 0.169. The average molecular weight is 410 g/mol. The fourth-order valence-corrected chi connectivity index (χ4v) is 3.98. The van der Waals surface area contributed by atoms with Crippen LogP contribution in [0, 0.1) is 6.92 Å². The number of amides is 1. The Morgan fingerprint density at radius 1 is 1.17 bits per heavy atom. The van der Waals surface area contributed by atoms with E-state index in [1.807, 2.05) is 42.7 Å². The maximum Gasteiger partial charge on any atom is 0.411 e. The number of nitrogens with one attached hydrogen (secondary N) is 1. The van der Waals surface area contributed by atoms with Crippen molar-refractivity contribution in [3.63, 3.8) is 0 Å². The maximum atomic E-state index is 11.9. The van der Waals surface area contributed by atoms with Crippen molar-refractivity contribution in [3.8, 4) is 0 Å². The first-order chi connectivity index (χ1) is 14.2. The van der Waals surface area contributed by atoms with Crippen molar-refractivity contribution >= 4 is 23.5 Å². The minimum atomic E-state index is -0.425. The van der Waals surface area contributed by atoms with E-state index in [-0.39, 0.29) is 0 Å². The maximum absolute atomic E-state index is 11.9. The number of aromatic nitrogens is 2. The minimum absolute atomic E-state index is 0.356. The number of benzene rings is 2. The second kappa shape index (κ2) is 10.7. The molecule has 0 saturated heterocycles. The van der Waals surface area contributed by atoms with Crippen LogP contribution in [-0.2, 0) is 17.7 Å². The number of carbonyl (C=O) groups is 1. The molecule has 5 nitrogen and oxygen atoms in total. The van der Waals surface area contributed by atoms with E-state index < -0.39 is 6.09 Å². The first-order valence-corrected chi connectivity index (χ1v) is 10.9. The lowest BCUT2D eigenvalue weighted by Crippen LogP contribution is -2.15. The van der Waals surface area contributed by atoms with E-state index in [4.69, 9.17) is 4.74 Å². The van der Waals surface area contributed by atoms with Crippen LogP contribution in [0.3, 0.4) is 0 Å². The Morgan fingerprint density at radius 3 is 2.79 bits per heavy atom. The van der Waals surface area contributed by atoms with E-state index in [0.717, 1.165) is 30.9 Å². The van der Waals surface area contributed by atoms with Crippen LogP contribution in [0.1, 0.15) is 30.3 Å². The number of para-hydroxylation sites is 1. The number of nitrogens with zero attached hydrogens (tertiary/aromatic N) is 2. The fraction of sp³-hybridized carbons (Fsp3) is 0.304. The van der Waals surface area contributed by atoms with Gasteiger partial charge in [-0.2, -0.15) is 0 Å². The van der Waals surface area contributed by atoms with Crippen molar-refractivity contribution in [2.45, 2.75) is 38.1 Å². The summed E-state index contributed by atoms with van der Waals surface area (Å²) in [5.41, 5.74) is 3.28. The molecule has 0 aliphatic carbocycles. The van der Waals surface area contributed by atoms with Gasteiger partial charge in [-0.25, -0.2) is 9.78 Å². The summed E-state index contributed by atoms with van der Waals surface area (Å²) in [6.07, 6.45) is 5.57. The van der Waals surface area contributed by atoms with Gasteiger partial charge in [-0.05, 0) is 42.7 Å². The number of hydrogen-bond donors (Lipinski definition) is 1. The number of hydrogen-bond acceptors (Lipinski definition) is 4. The molecule has 0 radical (unpaired) electrons. The van der Waals surface area contributed by atoms with Gasteiger partial charge >= 0.3 is 6.09 Å². The molecule has 3 aromatic rings.